The van der Waals surface area contributed by atoms with Gasteiger partial charge in [-0.2, -0.15) is 0 Å². The molecule has 1 heterocycles. The third kappa shape index (κ3) is 3.19. The molecule has 2 rings (SSSR count). The van der Waals surface area contributed by atoms with Crippen molar-refractivity contribution >= 4 is 16.6 Å². The Kier molecular flexibility index (Phi) is 5.22. The van der Waals surface area contributed by atoms with Crippen LogP contribution in [0.1, 0.15) is 19.0 Å². The highest BCUT2D eigenvalue weighted by atomic mass is 16.5. The van der Waals surface area contributed by atoms with Gasteiger partial charge in [0.05, 0.1) is 31.9 Å². The van der Waals surface area contributed by atoms with Crippen LogP contribution in [0.2, 0.25) is 0 Å². The van der Waals surface area contributed by atoms with Gasteiger partial charge in [-0.3, -0.25) is 0 Å². The lowest BCUT2D eigenvalue weighted by Crippen LogP contribution is -2.05. The lowest BCUT2D eigenvalue weighted by molar-refractivity contribution is 0.182. The van der Waals surface area contributed by atoms with Gasteiger partial charge >= 0.3 is 0 Å². The summed E-state index contributed by atoms with van der Waals surface area (Å²) >= 11 is 0. The van der Waals surface area contributed by atoms with Crippen LogP contribution in [0.15, 0.2) is 18.2 Å². The molecule has 0 fully saturated rings. The summed E-state index contributed by atoms with van der Waals surface area (Å²) in [4.78, 5) is 4.64. The Morgan fingerprint density at radius 2 is 1.81 bits per heavy atom. The summed E-state index contributed by atoms with van der Waals surface area (Å²) in [7, 11) is 4.97. The van der Waals surface area contributed by atoms with Crippen LogP contribution in [0.25, 0.3) is 10.9 Å². The summed E-state index contributed by atoms with van der Waals surface area (Å²) in [5.41, 5.74) is 2.63. The first-order valence-electron chi connectivity index (χ1n) is 7.02. The summed E-state index contributed by atoms with van der Waals surface area (Å²) in [6.45, 7) is 3.47. The van der Waals surface area contributed by atoms with Crippen LogP contribution in [0, 0.1) is 0 Å². The average Bonchev–Trinajstić information content (AvgIpc) is 2.51. The molecule has 5 nitrogen and oxygen atoms in total. The lowest BCUT2D eigenvalue weighted by Gasteiger charge is -2.15. The smallest absolute Gasteiger partial charge is 0.145 e. The van der Waals surface area contributed by atoms with E-state index < -0.39 is 0 Å². The number of rotatable bonds is 7. The number of hydrogen-bond donors (Lipinski definition) is 1. The molecule has 0 unspecified atom stereocenters. The molecule has 1 aromatic heterocycles. The monoisotopic (exact) mass is 290 g/mol. The SMILES string of the molecule is CCCNc1cc(COC)nc2c(OC)ccc(OC)c12. The highest BCUT2D eigenvalue weighted by molar-refractivity contribution is 6.00. The number of nitrogens with one attached hydrogen (secondary N) is 1. The molecule has 114 valence electrons. The van der Waals surface area contributed by atoms with Gasteiger partial charge in [-0.1, -0.05) is 6.92 Å². The molecule has 1 N–H and O–H groups in total. The van der Waals surface area contributed by atoms with Crippen LogP contribution < -0.4 is 14.8 Å². The topological polar surface area (TPSA) is 52.6 Å². The molecule has 0 saturated carbocycles. The molecule has 0 atom stereocenters. The average molecular weight is 290 g/mol. The molecule has 2 aromatic rings. The maximum absolute atomic E-state index is 5.48. The van der Waals surface area contributed by atoms with E-state index in [2.05, 4.69) is 17.2 Å². The summed E-state index contributed by atoms with van der Waals surface area (Å²) in [5.74, 6) is 1.50. The molecule has 21 heavy (non-hydrogen) atoms. The van der Waals surface area contributed by atoms with E-state index in [1.165, 1.54) is 0 Å². The third-order valence-corrected chi connectivity index (χ3v) is 3.24. The zero-order valence-corrected chi connectivity index (χ0v) is 13.0. The molecular formula is C16H22N2O3. The van der Waals surface area contributed by atoms with Crippen molar-refractivity contribution < 1.29 is 14.2 Å². The van der Waals surface area contributed by atoms with Crippen LogP contribution >= 0.6 is 0 Å². The minimum absolute atomic E-state index is 0.455. The minimum Gasteiger partial charge on any atom is -0.496 e. The maximum Gasteiger partial charge on any atom is 0.145 e. The zero-order chi connectivity index (χ0) is 15.2. The van der Waals surface area contributed by atoms with Crippen molar-refractivity contribution in [1.82, 2.24) is 4.98 Å². The molecular weight excluding hydrogens is 268 g/mol. The first-order valence-corrected chi connectivity index (χ1v) is 7.02. The number of anilines is 1. The van der Waals surface area contributed by atoms with Crippen LogP contribution in [0.3, 0.4) is 0 Å². The minimum atomic E-state index is 0.455. The molecule has 0 amide bonds. The maximum atomic E-state index is 5.48. The van der Waals surface area contributed by atoms with Gasteiger partial charge < -0.3 is 19.5 Å². The van der Waals surface area contributed by atoms with Crippen molar-refractivity contribution in [3.63, 3.8) is 0 Å². The second kappa shape index (κ2) is 7.13. The standard InChI is InChI=1S/C16H22N2O3/c1-5-8-17-12-9-11(10-19-2)18-16-14(21-4)7-6-13(20-3)15(12)16/h6-7,9H,5,8,10H2,1-4H3,(H,17,18). The molecule has 0 radical (unpaired) electrons. The van der Waals surface area contributed by atoms with Crippen molar-refractivity contribution in [1.29, 1.82) is 0 Å². The lowest BCUT2D eigenvalue weighted by atomic mass is 10.1. The van der Waals surface area contributed by atoms with E-state index in [1.54, 1.807) is 21.3 Å². The van der Waals surface area contributed by atoms with Crippen LogP contribution in [0.4, 0.5) is 5.69 Å². The van der Waals surface area contributed by atoms with E-state index in [9.17, 15) is 0 Å². The first kappa shape index (κ1) is 15.4. The highest BCUT2D eigenvalue weighted by Gasteiger charge is 2.14. The fraction of sp³-hybridized carbons (Fsp3) is 0.438. The molecule has 0 aliphatic heterocycles. The normalized spacial score (nSPS) is 10.7. The third-order valence-electron chi connectivity index (χ3n) is 3.24. The Morgan fingerprint density at radius 1 is 1.10 bits per heavy atom. The van der Waals surface area contributed by atoms with Crippen molar-refractivity contribution in [2.45, 2.75) is 20.0 Å². The van der Waals surface area contributed by atoms with Crippen molar-refractivity contribution in [3.8, 4) is 11.5 Å². The van der Waals surface area contributed by atoms with Crippen molar-refractivity contribution in [2.24, 2.45) is 0 Å². The van der Waals surface area contributed by atoms with E-state index in [0.717, 1.165) is 46.7 Å². The van der Waals surface area contributed by atoms with Gasteiger partial charge in [0.1, 0.15) is 17.0 Å². The fourth-order valence-corrected chi connectivity index (χ4v) is 2.30. The van der Waals surface area contributed by atoms with Gasteiger partial charge in [0.15, 0.2) is 0 Å². The number of nitrogens with zero attached hydrogens (tertiary/aromatic N) is 1. The molecule has 5 heteroatoms. The molecule has 0 saturated heterocycles. The Bertz CT molecular complexity index is 614. The van der Waals surface area contributed by atoms with E-state index in [0.29, 0.717) is 6.61 Å². The number of pyridine rings is 1. The van der Waals surface area contributed by atoms with Crippen molar-refractivity contribution in [3.05, 3.63) is 23.9 Å². The Balaban J connectivity index is 2.69. The van der Waals surface area contributed by atoms with Gasteiger partial charge in [0.25, 0.3) is 0 Å². The number of hydrogen-bond acceptors (Lipinski definition) is 5. The van der Waals surface area contributed by atoms with Crippen molar-refractivity contribution in [2.75, 3.05) is 33.2 Å². The number of methoxy groups -OCH3 is 3. The number of ether oxygens (including phenoxy) is 3. The zero-order valence-electron chi connectivity index (χ0n) is 13.0. The molecule has 0 spiro atoms. The highest BCUT2D eigenvalue weighted by Crippen LogP contribution is 2.37. The number of benzene rings is 1. The van der Waals surface area contributed by atoms with Crippen LogP contribution in [-0.2, 0) is 11.3 Å². The van der Waals surface area contributed by atoms with Gasteiger partial charge in [-0.05, 0) is 24.6 Å². The predicted octanol–water partition coefficient (Wildman–Crippen LogP) is 3.22. The fourth-order valence-electron chi connectivity index (χ4n) is 2.30. The Labute approximate surface area is 125 Å². The van der Waals surface area contributed by atoms with E-state index in [-0.39, 0.29) is 0 Å². The summed E-state index contributed by atoms with van der Waals surface area (Å²) < 4.78 is 16.1. The van der Waals surface area contributed by atoms with Gasteiger partial charge in [0, 0.05) is 19.3 Å². The largest absolute Gasteiger partial charge is 0.496 e. The molecule has 1 aromatic carbocycles. The van der Waals surface area contributed by atoms with E-state index in [4.69, 9.17) is 14.2 Å². The second-order valence-corrected chi connectivity index (χ2v) is 4.71. The van der Waals surface area contributed by atoms with Gasteiger partial charge in [0.2, 0.25) is 0 Å². The van der Waals surface area contributed by atoms with E-state index in [1.807, 2.05) is 18.2 Å². The van der Waals surface area contributed by atoms with E-state index >= 15 is 0 Å². The summed E-state index contributed by atoms with van der Waals surface area (Å²) in [6.07, 6.45) is 1.04. The molecule has 0 bridgehead atoms. The van der Waals surface area contributed by atoms with Gasteiger partial charge in [-0.25, -0.2) is 4.98 Å². The first-order chi connectivity index (χ1) is 10.2. The Hall–Kier alpha value is -2.01. The summed E-state index contributed by atoms with van der Waals surface area (Å²) in [6, 6.07) is 5.77. The predicted molar refractivity (Wildman–Crippen MR) is 84.3 cm³/mol. The number of aromatic nitrogens is 1. The summed E-state index contributed by atoms with van der Waals surface area (Å²) in [5, 5.41) is 4.37. The molecule has 0 aliphatic carbocycles. The Morgan fingerprint density at radius 3 is 2.43 bits per heavy atom. The van der Waals surface area contributed by atoms with Crippen LogP contribution in [-0.4, -0.2) is 32.9 Å². The van der Waals surface area contributed by atoms with Gasteiger partial charge in [-0.15, -0.1) is 0 Å². The quantitative estimate of drug-likeness (QED) is 0.848. The number of fused-ring (bicyclic) bond motifs is 1. The second-order valence-electron chi connectivity index (χ2n) is 4.71. The van der Waals surface area contributed by atoms with Crippen LogP contribution in [0.5, 0.6) is 11.5 Å². The molecule has 0 aliphatic rings.